The van der Waals surface area contributed by atoms with Crippen molar-refractivity contribution in [3.8, 4) is 0 Å². The zero-order valence-electron chi connectivity index (χ0n) is 10.7. The molecule has 0 unspecified atom stereocenters. The summed E-state index contributed by atoms with van der Waals surface area (Å²) in [5.74, 6) is 0.878. The van der Waals surface area contributed by atoms with Crippen molar-refractivity contribution in [3.05, 3.63) is 41.9 Å². The Labute approximate surface area is 105 Å². The van der Waals surface area contributed by atoms with Gasteiger partial charge in [0.1, 0.15) is 5.82 Å². The number of allylic oxidation sites excluding steroid dienone is 1. The van der Waals surface area contributed by atoms with E-state index in [9.17, 15) is 0 Å². The van der Waals surface area contributed by atoms with E-state index in [2.05, 4.69) is 40.0 Å². The van der Waals surface area contributed by atoms with Gasteiger partial charge >= 0.3 is 0 Å². The third-order valence-corrected chi connectivity index (χ3v) is 3.15. The second-order valence-electron chi connectivity index (χ2n) is 4.59. The molecule has 0 saturated heterocycles. The quantitative estimate of drug-likeness (QED) is 0.654. The van der Waals surface area contributed by atoms with Gasteiger partial charge in [0.15, 0.2) is 5.65 Å². The molecule has 4 heteroatoms. The minimum Gasteiger partial charge on any atom is -0.276 e. The fourth-order valence-corrected chi connectivity index (χ4v) is 2.18. The molecule has 0 aliphatic carbocycles. The highest BCUT2D eigenvalue weighted by Gasteiger charge is 2.10. The van der Waals surface area contributed by atoms with Crippen molar-refractivity contribution in [2.24, 2.45) is 0 Å². The first-order chi connectivity index (χ1) is 8.58. The van der Waals surface area contributed by atoms with Crippen molar-refractivity contribution in [3.63, 3.8) is 0 Å². The standard InChI is InChI=1S/C14H14N4/c1-8(2)11-5-6-13-12(7-11)15-9(3)14-17-16-10(4)18(13)14/h5-7H,1H2,2-4H3. The summed E-state index contributed by atoms with van der Waals surface area (Å²) in [4.78, 5) is 4.60. The van der Waals surface area contributed by atoms with Crippen LogP contribution in [0, 0.1) is 13.8 Å². The SMILES string of the molecule is C=C(C)c1ccc2c(c1)nc(C)c1nnc(C)n12. The Morgan fingerprint density at radius 3 is 2.72 bits per heavy atom. The van der Waals surface area contributed by atoms with Crippen molar-refractivity contribution in [2.75, 3.05) is 0 Å². The van der Waals surface area contributed by atoms with Gasteiger partial charge in [0, 0.05) is 0 Å². The fraction of sp³-hybridized carbons (Fsp3) is 0.214. The maximum absolute atomic E-state index is 4.60. The number of rotatable bonds is 1. The largest absolute Gasteiger partial charge is 0.276 e. The molecular formula is C14H14N4. The third-order valence-electron chi connectivity index (χ3n) is 3.15. The summed E-state index contributed by atoms with van der Waals surface area (Å²) < 4.78 is 2.04. The highest BCUT2D eigenvalue weighted by molar-refractivity contribution is 5.82. The molecule has 0 fully saturated rings. The first kappa shape index (κ1) is 10.9. The minimum absolute atomic E-state index is 0.822. The van der Waals surface area contributed by atoms with E-state index in [-0.39, 0.29) is 0 Å². The second kappa shape index (κ2) is 3.63. The molecular weight excluding hydrogens is 224 g/mol. The summed E-state index contributed by atoms with van der Waals surface area (Å²) in [6, 6.07) is 6.17. The number of aromatic nitrogens is 4. The van der Waals surface area contributed by atoms with Crippen LogP contribution < -0.4 is 0 Å². The van der Waals surface area contributed by atoms with Gasteiger partial charge in [-0.05, 0) is 38.5 Å². The molecule has 1 aromatic carbocycles. The Kier molecular flexibility index (Phi) is 2.20. The minimum atomic E-state index is 0.822. The van der Waals surface area contributed by atoms with Crippen LogP contribution in [-0.2, 0) is 0 Å². The first-order valence-corrected chi connectivity index (χ1v) is 5.86. The van der Waals surface area contributed by atoms with Crippen LogP contribution in [0.5, 0.6) is 0 Å². The Bertz CT molecular complexity index is 783. The third kappa shape index (κ3) is 1.42. The predicted molar refractivity (Wildman–Crippen MR) is 72.5 cm³/mol. The lowest BCUT2D eigenvalue weighted by molar-refractivity contribution is 1.02. The molecule has 0 saturated carbocycles. The van der Waals surface area contributed by atoms with Gasteiger partial charge < -0.3 is 0 Å². The number of fused-ring (bicyclic) bond motifs is 3. The van der Waals surface area contributed by atoms with E-state index in [1.807, 2.05) is 25.2 Å². The Morgan fingerprint density at radius 1 is 1.22 bits per heavy atom. The van der Waals surface area contributed by atoms with E-state index >= 15 is 0 Å². The molecule has 0 bridgehead atoms. The number of hydrogen-bond donors (Lipinski definition) is 0. The molecule has 0 radical (unpaired) electrons. The predicted octanol–water partition coefficient (Wildman–Crippen LogP) is 2.93. The van der Waals surface area contributed by atoms with Gasteiger partial charge in [-0.25, -0.2) is 4.98 Å². The number of aryl methyl sites for hydroxylation is 2. The Hall–Kier alpha value is -2.23. The molecule has 90 valence electrons. The van der Waals surface area contributed by atoms with Crippen LogP contribution in [0.3, 0.4) is 0 Å². The van der Waals surface area contributed by atoms with Crippen LogP contribution >= 0.6 is 0 Å². The topological polar surface area (TPSA) is 43.1 Å². The van der Waals surface area contributed by atoms with E-state index in [1.165, 1.54) is 0 Å². The van der Waals surface area contributed by atoms with E-state index in [0.717, 1.165) is 39.3 Å². The lowest BCUT2D eigenvalue weighted by Gasteiger charge is -2.07. The highest BCUT2D eigenvalue weighted by atomic mass is 15.3. The Balaban J connectivity index is 2.49. The van der Waals surface area contributed by atoms with Gasteiger partial charge in [0.05, 0.1) is 16.7 Å². The molecule has 0 N–H and O–H groups in total. The normalized spacial score (nSPS) is 11.3. The van der Waals surface area contributed by atoms with Crippen LogP contribution in [0.25, 0.3) is 22.3 Å². The molecule has 4 nitrogen and oxygen atoms in total. The average molecular weight is 238 g/mol. The molecule has 3 aromatic rings. The number of hydrogen-bond acceptors (Lipinski definition) is 3. The van der Waals surface area contributed by atoms with E-state index in [1.54, 1.807) is 0 Å². The van der Waals surface area contributed by atoms with Crippen molar-refractivity contribution in [1.82, 2.24) is 19.6 Å². The summed E-state index contributed by atoms with van der Waals surface area (Å²) in [5.41, 5.74) is 5.84. The van der Waals surface area contributed by atoms with Gasteiger partial charge in [0.25, 0.3) is 0 Å². The van der Waals surface area contributed by atoms with Gasteiger partial charge in [0.2, 0.25) is 0 Å². The molecule has 2 heterocycles. The smallest absolute Gasteiger partial charge is 0.182 e. The first-order valence-electron chi connectivity index (χ1n) is 5.86. The van der Waals surface area contributed by atoms with Crippen LogP contribution in [-0.4, -0.2) is 19.6 Å². The number of benzene rings is 1. The molecule has 0 aliphatic rings. The van der Waals surface area contributed by atoms with Gasteiger partial charge in [-0.1, -0.05) is 18.2 Å². The Morgan fingerprint density at radius 2 is 2.00 bits per heavy atom. The van der Waals surface area contributed by atoms with Crippen LogP contribution in [0.15, 0.2) is 24.8 Å². The summed E-state index contributed by atoms with van der Waals surface area (Å²) in [6.45, 7) is 9.87. The van der Waals surface area contributed by atoms with Crippen molar-refractivity contribution in [2.45, 2.75) is 20.8 Å². The molecule has 0 amide bonds. The summed E-state index contributed by atoms with van der Waals surface area (Å²) >= 11 is 0. The van der Waals surface area contributed by atoms with Gasteiger partial charge in [-0.3, -0.25) is 4.40 Å². The summed E-state index contributed by atoms with van der Waals surface area (Å²) in [7, 11) is 0. The van der Waals surface area contributed by atoms with E-state index in [0.29, 0.717) is 0 Å². The maximum atomic E-state index is 4.60. The lowest BCUT2D eigenvalue weighted by atomic mass is 10.1. The molecule has 0 atom stereocenters. The van der Waals surface area contributed by atoms with Crippen LogP contribution in [0.4, 0.5) is 0 Å². The number of nitrogens with zero attached hydrogens (tertiary/aromatic N) is 4. The monoisotopic (exact) mass is 238 g/mol. The molecule has 0 spiro atoms. The van der Waals surface area contributed by atoms with Gasteiger partial charge in [-0.2, -0.15) is 0 Å². The van der Waals surface area contributed by atoms with Gasteiger partial charge in [-0.15, -0.1) is 10.2 Å². The molecule has 18 heavy (non-hydrogen) atoms. The zero-order valence-corrected chi connectivity index (χ0v) is 10.7. The van der Waals surface area contributed by atoms with Crippen molar-refractivity contribution >= 4 is 22.3 Å². The summed E-state index contributed by atoms with van der Waals surface area (Å²) in [6.07, 6.45) is 0. The van der Waals surface area contributed by atoms with Crippen molar-refractivity contribution < 1.29 is 0 Å². The highest BCUT2D eigenvalue weighted by Crippen LogP contribution is 2.21. The summed E-state index contributed by atoms with van der Waals surface area (Å²) in [5, 5.41) is 8.28. The molecule has 2 aromatic heterocycles. The fourth-order valence-electron chi connectivity index (χ4n) is 2.18. The van der Waals surface area contributed by atoms with Crippen LogP contribution in [0.2, 0.25) is 0 Å². The lowest BCUT2D eigenvalue weighted by Crippen LogP contribution is -1.97. The average Bonchev–Trinajstić information content (AvgIpc) is 2.72. The molecule has 3 rings (SSSR count). The zero-order chi connectivity index (χ0) is 12.9. The maximum Gasteiger partial charge on any atom is 0.182 e. The molecule has 0 aliphatic heterocycles. The second-order valence-corrected chi connectivity index (χ2v) is 4.59. The van der Waals surface area contributed by atoms with E-state index < -0.39 is 0 Å². The van der Waals surface area contributed by atoms with E-state index in [4.69, 9.17) is 0 Å². The van der Waals surface area contributed by atoms with Crippen LogP contribution in [0.1, 0.15) is 24.0 Å². The van der Waals surface area contributed by atoms with Crippen molar-refractivity contribution in [1.29, 1.82) is 0 Å².